The summed E-state index contributed by atoms with van der Waals surface area (Å²) in [4.78, 5) is 7.26. The van der Waals surface area contributed by atoms with Gasteiger partial charge in [0.15, 0.2) is 10.8 Å². The van der Waals surface area contributed by atoms with Gasteiger partial charge in [0.25, 0.3) is 0 Å². The standard InChI is InChI=1S/C17H19N3O4S/c1-22-9-17(10-23-2)15(21)14(25-16-19-5-6-20-16)12-7-11(8-18)3-4-13(12)24-17/h3-7,14-15,21H,9-10H2,1-2H3,(H,19,20)/t14-,15+/m1/s1. The molecule has 0 unspecified atom stereocenters. The molecule has 0 saturated heterocycles. The SMILES string of the molecule is COCC1(COC)Oc2ccc(C#N)cc2[C@@H](Sc2ncc[nH]2)[C@@H]1O. The number of nitrogens with zero attached hydrogens (tertiary/aromatic N) is 2. The van der Waals surface area contributed by atoms with Gasteiger partial charge in [-0.25, -0.2) is 4.98 Å². The van der Waals surface area contributed by atoms with E-state index in [0.29, 0.717) is 16.5 Å². The molecule has 8 heteroatoms. The molecule has 2 aromatic rings. The fourth-order valence-corrected chi connectivity index (χ4v) is 4.17. The third-order valence-electron chi connectivity index (χ3n) is 4.07. The molecule has 7 nitrogen and oxygen atoms in total. The monoisotopic (exact) mass is 361 g/mol. The molecule has 0 saturated carbocycles. The van der Waals surface area contributed by atoms with E-state index < -0.39 is 17.0 Å². The topological polar surface area (TPSA) is 100 Å². The molecule has 0 spiro atoms. The van der Waals surface area contributed by atoms with Crippen LogP contribution in [0.1, 0.15) is 16.4 Å². The number of ether oxygens (including phenoxy) is 3. The number of fused-ring (bicyclic) bond motifs is 1. The molecule has 1 aromatic carbocycles. The van der Waals surface area contributed by atoms with E-state index in [9.17, 15) is 10.4 Å². The van der Waals surface area contributed by atoms with Crippen LogP contribution >= 0.6 is 11.8 Å². The van der Waals surface area contributed by atoms with Gasteiger partial charge in [0.05, 0.1) is 30.1 Å². The normalized spacial score (nSPS) is 21.2. The minimum atomic E-state index is -1.05. The van der Waals surface area contributed by atoms with Crippen LogP contribution in [0.3, 0.4) is 0 Å². The van der Waals surface area contributed by atoms with E-state index in [4.69, 9.17) is 14.2 Å². The van der Waals surface area contributed by atoms with Crippen LogP contribution < -0.4 is 4.74 Å². The Morgan fingerprint density at radius 2 is 2.16 bits per heavy atom. The van der Waals surface area contributed by atoms with E-state index in [0.717, 1.165) is 5.56 Å². The molecular formula is C17H19N3O4S. The summed E-state index contributed by atoms with van der Waals surface area (Å²) >= 11 is 1.38. The van der Waals surface area contributed by atoms with Crippen molar-refractivity contribution in [3.8, 4) is 11.8 Å². The van der Waals surface area contributed by atoms with Gasteiger partial charge in [0.1, 0.15) is 11.9 Å². The number of aliphatic hydroxyl groups excluding tert-OH is 1. The molecule has 0 aliphatic carbocycles. The van der Waals surface area contributed by atoms with E-state index in [2.05, 4.69) is 16.0 Å². The number of aromatic amines is 1. The van der Waals surface area contributed by atoms with Crippen molar-refractivity contribution in [3.63, 3.8) is 0 Å². The summed E-state index contributed by atoms with van der Waals surface area (Å²) in [6.07, 6.45) is 2.44. The van der Waals surface area contributed by atoms with Crippen LogP contribution in [0.2, 0.25) is 0 Å². The summed E-state index contributed by atoms with van der Waals surface area (Å²) in [6, 6.07) is 7.30. The van der Waals surface area contributed by atoms with Crippen LogP contribution in [0.25, 0.3) is 0 Å². The van der Waals surface area contributed by atoms with Crippen LogP contribution in [0.5, 0.6) is 5.75 Å². The first-order valence-electron chi connectivity index (χ1n) is 7.68. The summed E-state index contributed by atoms with van der Waals surface area (Å²) in [5.74, 6) is 0.599. The van der Waals surface area contributed by atoms with Gasteiger partial charge < -0.3 is 24.3 Å². The van der Waals surface area contributed by atoms with Crippen molar-refractivity contribution < 1.29 is 19.3 Å². The van der Waals surface area contributed by atoms with Crippen LogP contribution in [0, 0.1) is 11.3 Å². The van der Waals surface area contributed by atoms with E-state index in [-0.39, 0.29) is 13.2 Å². The third kappa shape index (κ3) is 3.37. The fraction of sp³-hybridized carbons (Fsp3) is 0.412. The number of aliphatic hydroxyl groups is 1. The maximum Gasteiger partial charge on any atom is 0.182 e. The largest absolute Gasteiger partial charge is 0.479 e. The van der Waals surface area contributed by atoms with Crippen LogP contribution in [-0.2, 0) is 9.47 Å². The Bertz CT molecular complexity index is 754. The highest BCUT2D eigenvalue weighted by molar-refractivity contribution is 7.99. The van der Waals surface area contributed by atoms with Crippen molar-refractivity contribution in [2.75, 3.05) is 27.4 Å². The van der Waals surface area contributed by atoms with Crippen molar-refractivity contribution in [3.05, 3.63) is 41.7 Å². The van der Waals surface area contributed by atoms with Gasteiger partial charge in [0.2, 0.25) is 0 Å². The van der Waals surface area contributed by atoms with Crippen molar-refractivity contribution in [2.24, 2.45) is 0 Å². The van der Waals surface area contributed by atoms with E-state index in [1.807, 2.05) is 0 Å². The zero-order valence-corrected chi connectivity index (χ0v) is 14.7. The molecule has 132 valence electrons. The van der Waals surface area contributed by atoms with Gasteiger partial charge in [-0.3, -0.25) is 0 Å². The summed E-state index contributed by atoms with van der Waals surface area (Å²) in [5, 5.41) is 20.6. The lowest BCUT2D eigenvalue weighted by Crippen LogP contribution is -2.58. The van der Waals surface area contributed by atoms with Crippen LogP contribution in [0.4, 0.5) is 0 Å². The maximum absolute atomic E-state index is 11.1. The highest BCUT2D eigenvalue weighted by atomic mass is 32.2. The number of nitriles is 1. The Labute approximate surface area is 149 Å². The lowest BCUT2D eigenvalue weighted by atomic mass is 9.88. The van der Waals surface area contributed by atoms with Gasteiger partial charge in [-0.1, -0.05) is 11.8 Å². The Kier molecular flexibility index (Phi) is 5.30. The zero-order chi connectivity index (χ0) is 17.9. The maximum atomic E-state index is 11.1. The molecule has 0 bridgehead atoms. The number of methoxy groups -OCH3 is 2. The molecule has 2 heterocycles. The lowest BCUT2D eigenvalue weighted by molar-refractivity contribution is -0.136. The number of nitrogens with one attached hydrogen (secondary N) is 1. The van der Waals surface area contributed by atoms with Crippen molar-refractivity contribution >= 4 is 11.8 Å². The van der Waals surface area contributed by atoms with E-state index in [1.165, 1.54) is 11.8 Å². The number of H-pyrrole nitrogens is 1. The average Bonchev–Trinajstić information content (AvgIpc) is 3.12. The highest BCUT2D eigenvalue weighted by Crippen LogP contribution is 2.49. The van der Waals surface area contributed by atoms with Gasteiger partial charge >= 0.3 is 0 Å². The smallest absolute Gasteiger partial charge is 0.182 e. The molecule has 3 rings (SSSR count). The Morgan fingerprint density at radius 1 is 1.40 bits per heavy atom. The van der Waals surface area contributed by atoms with Crippen molar-refractivity contribution in [1.82, 2.24) is 9.97 Å². The first-order chi connectivity index (χ1) is 12.1. The molecular weight excluding hydrogens is 342 g/mol. The Balaban J connectivity index is 2.07. The van der Waals surface area contributed by atoms with Crippen molar-refractivity contribution in [2.45, 2.75) is 22.1 Å². The third-order valence-corrected chi connectivity index (χ3v) is 5.29. The second-order valence-electron chi connectivity index (χ2n) is 5.77. The number of benzene rings is 1. The zero-order valence-electron chi connectivity index (χ0n) is 13.9. The molecule has 1 aliphatic rings. The van der Waals surface area contributed by atoms with Crippen molar-refractivity contribution in [1.29, 1.82) is 5.26 Å². The van der Waals surface area contributed by atoms with Gasteiger partial charge in [-0.2, -0.15) is 5.26 Å². The molecule has 0 radical (unpaired) electrons. The molecule has 25 heavy (non-hydrogen) atoms. The number of imidazole rings is 1. The fourth-order valence-electron chi connectivity index (χ4n) is 2.98. The first-order valence-corrected chi connectivity index (χ1v) is 8.56. The first kappa shape index (κ1) is 17.8. The summed E-state index contributed by atoms with van der Waals surface area (Å²) in [7, 11) is 3.10. The number of hydrogen-bond donors (Lipinski definition) is 2. The Hall–Kier alpha value is -2.05. The van der Waals surface area contributed by atoms with Crippen LogP contribution in [0.15, 0.2) is 35.7 Å². The minimum absolute atomic E-state index is 0.163. The van der Waals surface area contributed by atoms with Crippen LogP contribution in [-0.4, -0.2) is 54.2 Å². The predicted octanol–water partition coefficient (Wildman–Crippen LogP) is 1.90. The van der Waals surface area contributed by atoms with E-state index in [1.54, 1.807) is 44.8 Å². The summed E-state index contributed by atoms with van der Waals surface area (Å²) in [6.45, 7) is 0.327. The number of aromatic nitrogens is 2. The summed E-state index contributed by atoms with van der Waals surface area (Å²) < 4.78 is 16.7. The van der Waals surface area contributed by atoms with Gasteiger partial charge in [-0.05, 0) is 18.2 Å². The molecule has 0 amide bonds. The quantitative estimate of drug-likeness (QED) is 0.810. The van der Waals surface area contributed by atoms with Gasteiger partial charge in [-0.15, -0.1) is 0 Å². The Morgan fingerprint density at radius 3 is 2.76 bits per heavy atom. The highest BCUT2D eigenvalue weighted by Gasteiger charge is 2.50. The molecule has 2 N–H and O–H groups in total. The average molecular weight is 361 g/mol. The summed E-state index contributed by atoms with van der Waals surface area (Å²) in [5.41, 5.74) is 0.205. The molecule has 1 aliphatic heterocycles. The molecule has 0 fully saturated rings. The predicted molar refractivity (Wildman–Crippen MR) is 91.5 cm³/mol. The number of thioether (sulfide) groups is 1. The van der Waals surface area contributed by atoms with Gasteiger partial charge in [0, 0.05) is 32.2 Å². The molecule has 1 aromatic heterocycles. The van der Waals surface area contributed by atoms with E-state index >= 15 is 0 Å². The molecule has 2 atom stereocenters. The number of hydrogen-bond acceptors (Lipinski definition) is 7. The minimum Gasteiger partial charge on any atom is -0.479 e. The lowest BCUT2D eigenvalue weighted by Gasteiger charge is -2.44. The second kappa shape index (κ2) is 7.45. The number of rotatable bonds is 6. The second-order valence-corrected chi connectivity index (χ2v) is 6.91.